The van der Waals surface area contributed by atoms with Crippen LogP contribution >= 0.6 is 0 Å². The van der Waals surface area contributed by atoms with Crippen molar-refractivity contribution in [3.8, 4) is 0 Å². The Hall–Kier alpha value is -1.35. The molecule has 0 aliphatic carbocycles. The molecule has 3 heteroatoms. The lowest BCUT2D eigenvalue weighted by atomic mass is 10.1. The highest BCUT2D eigenvalue weighted by atomic mass is 16.1. The van der Waals surface area contributed by atoms with Gasteiger partial charge < -0.3 is 10.6 Å². The quantitative estimate of drug-likeness (QED) is 0.760. The Morgan fingerprint density at radius 1 is 1.27 bits per heavy atom. The number of benzene rings is 1. The van der Waals surface area contributed by atoms with Gasteiger partial charge in [-0.2, -0.15) is 0 Å². The van der Waals surface area contributed by atoms with Gasteiger partial charge in [-0.25, -0.2) is 0 Å². The van der Waals surface area contributed by atoms with E-state index in [-0.39, 0.29) is 5.91 Å². The number of hydrogen-bond acceptors (Lipinski definition) is 2. The molecular weight excluding hydrogens is 188 g/mol. The highest BCUT2D eigenvalue weighted by Gasteiger charge is 1.99. The third kappa shape index (κ3) is 4.61. The minimum Gasteiger partial charge on any atom is -0.351 e. The van der Waals surface area contributed by atoms with Crippen molar-refractivity contribution in [1.82, 2.24) is 10.6 Å². The molecule has 0 aliphatic rings. The van der Waals surface area contributed by atoms with Gasteiger partial charge >= 0.3 is 0 Å². The van der Waals surface area contributed by atoms with Gasteiger partial charge in [0.05, 0.1) is 6.54 Å². The molecule has 3 nitrogen and oxygen atoms in total. The zero-order valence-corrected chi connectivity index (χ0v) is 9.34. The summed E-state index contributed by atoms with van der Waals surface area (Å²) in [6.45, 7) is 5.84. The van der Waals surface area contributed by atoms with E-state index in [1.54, 1.807) is 0 Å². The van der Waals surface area contributed by atoms with Gasteiger partial charge in [-0.15, -0.1) is 0 Å². The molecule has 1 rings (SSSR count). The Morgan fingerprint density at radius 3 is 2.53 bits per heavy atom. The zero-order valence-electron chi connectivity index (χ0n) is 9.34. The number of carbonyl (C=O) groups excluding carboxylic acids is 1. The van der Waals surface area contributed by atoms with E-state index in [2.05, 4.69) is 10.6 Å². The number of carbonyl (C=O) groups is 1. The van der Waals surface area contributed by atoms with Crippen LogP contribution in [0, 0.1) is 6.92 Å². The van der Waals surface area contributed by atoms with Gasteiger partial charge in [-0.05, 0) is 19.0 Å². The number of aryl methyl sites for hydroxylation is 1. The first-order valence-electron chi connectivity index (χ1n) is 5.25. The third-order valence-corrected chi connectivity index (χ3v) is 2.15. The predicted octanol–water partition coefficient (Wildman–Crippen LogP) is 1.22. The van der Waals surface area contributed by atoms with Crippen LogP contribution in [0.1, 0.15) is 18.1 Å². The minimum absolute atomic E-state index is 0.0393. The highest BCUT2D eigenvalue weighted by molar-refractivity contribution is 5.77. The Morgan fingerprint density at radius 2 is 1.93 bits per heavy atom. The summed E-state index contributed by atoms with van der Waals surface area (Å²) in [5.41, 5.74) is 2.36. The van der Waals surface area contributed by atoms with Gasteiger partial charge in [0.15, 0.2) is 0 Å². The van der Waals surface area contributed by atoms with Crippen molar-refractivity contribution >= 4 is 5.91 Å². The zero-order chi connectivity index (χ0) is 11.1. The van der Waals surface area contributed by atoms with Crippen LogP contribution in [-0.4, -0.2) is 19.0 Å². The summed E-state index contributed by atoms with van der Waals surface area (Å²) in [7, 11) is 0. The molecular formula is C12H18N2O. The summed E-state index contributed by atoms with van der Waals surface area (Å²) in [4.78, 5) is 11.3. The highest BCUT2D eigenvalue weighted by Crippen LogP contribution is 2.01. The van der Waals surface area contributed by atoms with E-state index >= 15 is 0 Å². The molecule has 82 valence electrons. The summed E-state index contributed by atoms with van der Waals surface area (Å²) < 4.78 is 0. The molecule has 0 atom stereocenters. The van der Waals surface area contributed by atoms with Crippen LogP contribution < -0.4 is 10.6 Å². The summed E-state index contributed by atoms with van der Waals surface area (Å²) in [6, 6.07) is 8.16. The van der Waals surface area contributed by atoms with Gasteiger partial charge in [0.1, 0.15) is 0 Å². The molecule has 1 aromatic rings. The fourth-order valence-electron chi connectivity index (χ4n) is 1.21. The maximum absolute atomic E-state index is 11.3. The van der Waals surface area contributed by atoms with Crippen molar-refractivity contribution in [2.24, 2.45) is 0 Å². The van der Waals surface area contributed by atoms with Crippen molar-refractivity contribution in [2.75, 3.05) is 13.1 Å². The Balaban J connectivity index is 2.30. The Labute approximate surface area is 90.9 Å². The predicted molar refractivity (Wildman–Crippen MR) is 61.6 cm³/mol. The molecule has 0 spiro atoms. The lowest BCUT2D eigenvalue weighted by Crippen LogP contribution is -2.33. The molecule has 1 amide bonds. The van der Waals surface area contributed by atoms with Gasteiger partial charge in [0.25, 0.3) is 0 Å². The third-order valence-electron chi connectivity index (χ3n) is 2.15. The molecule has 0 aromatic heterocycles. The number of nitrogens with one attached hydrogen (secondary N) is 2. The number of hydrogen-bond donors (Lipinski definition) is 2. The summed E-state index contributed by atoms with van der Waals surface area (Å²) >= 11 is 0. The van der Waals surface area contributed by atoms with E-state index in [9.17, 15) is 4.79 Å². The monoisotopic (exact) mass is 206 g/mol. The summed E-state index contributed by atoms with van der Waals surface area (Å²) in [5, 5.41) is 5.83. The second-order valence-electron chi connectivity index (χ2n) is 3.54. The fourth-order valence-corrected chi connectivity index (χ4v) is 1.21. The van der Waals surface area contributed by atoms with E-state index in [0.717, 1.165) is 12.1 Å². The first-order chi connectivity index (χ1) is 7.22. The fraction of sp³-hybridized carbons (Fsp3) is 0.417. The standard InChI is InChI=1S/C12H18N2O/c1-3-13-9-12(15)14-8-11-6-4-10(2)5-7-11/h4-7,13H,3,8-9H2,1-2H3,(H,14,15). The van der Waals surface area contributed by atoms with Crippen LogP contribution in [0.5, 0.6) is 0 Å². The average molecular weight is 206 g/mol. The minimum atomic E-state index is 0.0393. The van der Waals surface area contributed by atoms with Crippen LogP contribution in [0.4, 0.5) is 0 Å². The maximum atomic E-state index is 11.3. The molecule has 0 saturated carbocycles. The SMILES string of the molecule is CCNCC(=O)NCc1ccc(C)cc1. The van der Waals surface area contributed by atoms with Crippen molar-refractivity contribution in [1.29, 1.82) is 0 Å². The molecule has 0 bridgehead atoms. The molecule has 0 fully saturated rings. The van der Waals surface area contributed by atoms with Gasteiger partial charge in [0, 0.05) is 6.54 Å². The van der Waals surface area contributed by atoms with Crippen LogP contribution in [0.25, 0.3) is 0 Å². The maximum Gasteiger partial charge on any atom is 0.234 e. The second-order valence-corrected chi connectivity index (χ2v) is 3.54. The first kappa shape index (κ1) is 11.7. The first-order valence-corrected chi connectivity index (χ1v) is 5.25. The molecule has 0 radical (unpaired) electrons. The van der Waals surface area contributed by atoms with Crippen LogP contribution in [0.2, 0.25) is 0 Å². The normalized spacial score (nSPS) is 10.0. The number of likely N-dealkylation sites (N-methyl/N-ethyl adjacent to an activating group) is 1. The molecule has 2 N–H and O–H groups in total. The largest absolute Gasteiger partial charge is 0.351 e. The van der Waals surface area contributed by atoms with E-state index in [1.165, 1.54) is 5.56 Å². The van der Waals surface area contributed by atoms with Crippen LogP contribution in [0.3, 0.4) is 0 Å². The molecule has 0 unspecified atom stereocenters. The van der Waals surface area contributed by atoms with Crippen LogP contribution in [0.15, 0.2) is 24.3 Å². The molecule has 15 heavy (non-hydrogen) atoms. The van der Waals surface area contributed by atoms with E-state index in [4.69, 9.17) is 0 Å². The smallest absolute Gasteiger partial charge is 0.234 e. The van der Waals surface area contributed by atoms with E-state index < -0.39 is 0 Å². The number of amides is 1. The molecule has 0 saturated heterocycles. The van der Waals surface area contributed by atoms with Crippen molar-refractivity contribution in [2.45, 2.75) is 20.4 Å². The van der Waals surface area contributed by atoms with E-state index in [0.29, 0.717) is 13.1 Å². The van der Waals surface area contributed by atoms with Crippen molar-refractivity contribution in [3.05, 3.63) is 35.4 Å². The van der Waals surface area contributed by atoms with Gasteiger partial charge in [-0.1, -0.05) is 36.8 Å². The molecule has 1 aromatic carbocycles. The lowest BCUT2D eigenvalue weighted by molar-refractivity contribution is -0.120. The molecule has 0 heterocycles. The Kier molecular flexibility index (Phi) is 4.84. The topological polar surface area (TPSA) is 41.1 Å². The van der Waals surface area contributed by atoms with Gasteiger partial charge in [0.2, 0.25) is 5.91 Å². The second kappa shape index (κ2) is 6.19. The van der Waals surface area contributed by atoms with Gasteiger partial charge in [-0.3, -0.25) is 4.79 Å². The molecule has 0 aliphatic heterocycles. The Bertz CT molecular complexity index is 306. The van der Waals surface area contributed by atoms with Crippen LogP contribution in [-0.2, 0) is 11.3 Å². The summed E-state index contributed by atoms with van der Waals surface area (Å²) in [5.74, 6) is 0.0393. The van der Waals surface area contributed by atoms with Crippen molar-refractivity contribution < 1.29 is 4.79 Å². The summed E-state index contributed by atoms with van der Waals surface area (Å²) in [6.07, 6.45) is 0. The van der Waals surface area contributed by atoms with E-state index in [1.807, 2.05) is 38.1 Å². The number of rotatable bonds is 5. The lowest BCUT2D eigenvalue weighted by Gasteiger charge is -2.05. The average Bonchev–Trinajstić information content (AvgIpc) is 2.25. The van der Waals surface area contributed by atoms with Crippen molar-refractivity contribution in [3.63, 3.8) is 0 Å².